The topological polar surface area (TPSA) is 56.1 Å². The number of carbonyl (C=O) groups is 1. The quantitative estimate of drug-likeness (QED) is 0.222. The number of fused-ring (bicyclic) bond motifs is 1. The lowest BCUT2D eigenvalue weighted by molar-refractivity contribution is -0.120. The third-order valence-electron chi connectivity index (χ3n) is 6.12. The lowest BCUT2D eigenvalue weighted by Gasteiger charge is -2.12. The molecule has 0 saturated carbocycles. The lowest BCUT2D eigenvalue weighted by atomic mass is 10.1. The molecule has 0 atom stereocenters. The van der Waals surface area contributed by atoms with Crippen molar-refractivity contribution < 1.29 is 9.53 Å². The second-order valence-electron chi connectivity index (χ2n) is 9.00. The summed E-state index contributed by atoms with van der Waals surface area (Å²) in [7, 11) is 0. The lowest BCUT2D eigenvalue weighted by Crippen LogP contribution is -2.26. The Morgan fingerprint density at radius 1 is 1.00 bits per heavy atom. The molecule has 5 nitrogen and oxygen atoms in total. The molecule has 0 aliphatic heterocycles. The van der Waals surface area contributed by atoms with Crippen molar-refractivity contribution in [2.24, 2.45) is 0 Å². The fraction of sp³-hybridized carbons (Fsp3) is 0.310. The zero-order valence-electron chi connectivity index (χ0n) is 20.7. The summed E-state index contributed by atoms with van der Waals surface area (Å²) >= 11 is 12.2. The smallest absolute Gasteiger partial charge is 0.224 e. The van der Waals surface area contributed by atoms with Gasteiger partial charge in [0.2, 0.25) is 5.91 Å². The van der Waals surface area contributed by atoms with E-state index in [4.69, 9.17) is 32.9 Å². The van der Waals surface area contributed by atoms with Crippen LogP contribution in [0.5, 0.6) is 5.75 Å². The van der Waals surface area contributed by atoms with E-state index in [9.17, 15) is 4.79 Å². The summed E-state index contributed by atoms with van der Waals surface area (Å²) in [6.07, 6.45) is 2.80. The summed E-state index contributed by atoms with van der Waals surface area (Å²) in [6, 6.07) is 19.5. The van der Waals surface area contributed by atoms with Crippen molar-refractivity contribution in [3.63, 3.8) is 0 Å². The molecule has 188 valence electrons. The van der Waals surface area contributed by atoms with E-state index in [-0.39, 0.29) is 5.91 Å². The van der Waals surface area contributed by atoms with Crippen LogP contribution in [0.3, 0.4) is 0 Å². The highest BCUT2D eigenvalue weighted by Crippen LogP contribution is 2.26. The second kappa shape index (κ2) is 12.3. The van der Waals surface area contributed by atoms with Gasteiger partial charge in [0.05, 0.1) is 24.1 Å². The number of carbonyl (C=O) groups excluding carboxylic acids is 1. The van der Waals surface area contributed by atoms with E-state index in [1.165, 1.54) is 0 Å². The Morgan fingerprint density at radius 3 is 2.47 bits per heavy atom. The van der Waals surface area contributed by atoms with Crippen LogP contribution in [0.2, 0.25) is 10.0 Å². The van der Waals surface area contributed by atoms with E-state index < -0.39 is 0 Å². The van der Waals surface area contributed by atoms with Gasteiger partial charge >= 0.3 is 0 Å². The Kier molecular flexibility index (Phi) is 8.89. The first-order valence-electron chi connectivity index (χ1n) is 12.3. The molecule has 0 saturated heterocycles. The summed E-state index contributed by atoms with van der Waals surface area (Å²) in [4.78, 5) is 17.1. The van der Waals surface area contributed by atoms with Crippen LogP contribution in [0, 0.1) is 13.8 Å². The van der Waals surface area contributed by atoms with E-state index in [0.29, 0.717) is 24.6 Å². The number of hydrogen-bond donors (Lipinski definition) is 1. The molecule has 4 rings (SSSR count). The number of benzene rings is 3. The molecular formula is C29H31Cl2N3O2. The van der Waals surface area contributed by atoms with Crippen molar-refractivity contribution >= 4 is 40.1 Å². The Hall–Kier alpha value is -3.02. The second-order valence-corrected chi connectivity index (χ2v) is 9.81. The molecule has 0 bridgehead atoms. The first kappa shape index (κ1) is 26.1. The van der Waals surface area contributed by atoms with Crippen LogP contribution in [0.25, 0.3) is 11.0 Å². The fourth-order valence-electron chi connectivity index (χ4n) is 4.29. The number of nitrogens with zero attached hydrogens (tertiary/aromatic N) is 2. The van der Waals surface area contributed by atoms with Crippen molar-refractivity contribution in [1.29, 1.82) is 0 Å². The third-order valence-corrected chi connectivity index (χ3v) is 6.96. The minimum atomic E-state index is 0.00986. The number of para-hydroxylation sites is 2. The number of halogens is 2. The fourth-order valence-corrected chi connectivity index (χ4v) is 4.53. The minimum Gasteiger partial charge on any atom is -0.494 e. The monoisotopic (exact) mass is 523 g/mol. The molecule has 4 aromatic rings. The molecule has 0 aliphatic rings. The number of amides is 1. The van der Waals surface area contributed by atoms with Crippen LogP contribution in [0.4, 0.5) is 0 Å². The Balaban J connectivity index is 1.30. The van der Waals surface area contributed by atoms with Gasteiger partial charge < -0.3 is 14.6 Å². The number of rotatable bonds is 11. The van der Waals surface area contributed by atoms with Gasteiger partial charge in [-0.3, -0.25) is 4.79 Å². The van der Waals surface area contributed by atoms with E-state index in [2.05, 4.69) is 16.0 Å². The molecular weight excluding hydrogens is 493 g/mol. The maximum atomic E-state index is 12.3. The van der Waals surface area contributed by atoms with Gasteiger partial charge in [-0.25, -0.2) is 4.98 Å². The number of ether oxygens (including phenoxy) is 1. The number of aromatic nitrogens is 2. The van der Waals surface area contributed by atoms with Gasteiger partial charge in [-0.05, 0) is 79.8 Å². The van der Waals surface area contributed by atoms with Crippen LogP contribution in [-0.4, -0.2) is 28.6 Å². The predicted molar refractivity (Wildman–Crippen MR) is 147 cm³/mol. The maximum Gasteiger partial charge on any atom is 0.224 e. The molecule has 1 aromatic heterocycles. The molecule has 0 aliphatic carbocycles. The molecule has 0 unspecified atom stereocenters. The number of imidazole rings is 1. The predicted octanol–water partition coefficient (Wildman–Crippen LogP) is 6.72. The first-order chi connectivity index (χ1) is 17.4. The van der Waals surface area contributed by atoms with Gasteiger partial charge in [-0.15, -0.1) is 0 Å². The van der Waals surface area contributed by atoms with Gasteiger partial charge in [0.15, 0.2) is 0 Å². The Morgan fingerprint density at radius 2 is 1.72 bits per heavy atom. The molecule has 0 spiro atoms. The average molecular weight is 524 g/mol. The molecule has 7 heteroatoms. The standard InChI is InChI=1S/C29H31Cl2N3O2/c1-20-17-24(18-21(2)29(20)31)36-16-6-15-34-26-8-4-3-7-25(26)33-27(34)9-5-14-32-28(35)19-22-10-12-23(30)13-11-22/h3-4,7-8,10-13,17-18H,5-6,9,14-16,19H2,1-2H3,(H,32,35). The number of aryl methyl sites for hydroxylation is 4. The normalized spacial score (nSPS) is 11.1. The van der Waals surface area contributed by atoms with E-state index in [1.54, 1.807) is 12.1 Å². The zero-order chi connectivity index (χ0) is 25.5. The Bertz CT molecular complexity index is 1310. The van der Waals surface area contributed by atoms with Gasteiger partial charge in [0, 0.05) is 29.6 Å². The van der Waals surface area contributed by atoms with Crippen molar-refractivity contribution in [1.82, 2.24) is 14.9 Å². The SMILES string of the molecule is Cc1cc(OCCCn2c(CCCNC(=O)Cc3ccc(Cl)cc3)nc3ccccc32)cc(C)c1Cl. The minimum absolute atomic E-state index is 0.00986. The highest BCUT2D eigenvalue weighted by Gasteiger charge is 2.11. The molecule has 0 radical (unpaired) electrons. The number of hydrogen-bond acceptors (Lipinski definition) is 3. The van der Waals surface area contributed by atoms with Crippen molar-refractivity contribution in [3.05, 3.63) is 93.2 Å². The molecule has 36 heavy (non-hydrogen) atoms. The van der Waals surface area contributed by atoms with Gasteiger partial charge in [0.25, 0.3) is 0 Å². The zero-order valence-corrected chi connectivity index (χ0v) is 22.2. The largest absolute Gasteiger partial charge is 0.494 e. The summed E-state index contributed by atoms with van der Waals surface area (Å²) in [5.41, 5.74) is 5.11. The van der Waals surface area contributed by atoms with Gasteiger partial charge in [-0.2, -0.15) is 0 Å². The molecule has 1 amide bonds. The molecule has 3 aromatic carbocycles. The van der Waals surface area contributed by atoms with Crippen LogP contribution < -0.4 is 10.1 Å². The number of nitrogens with one attached hydrogen (secondary N) is 1. The molecule has 0 fully saturated rings. The summed E-state index contributed by atoms with van der Waals surface area (Å²) < 4.78 is 8.28. The van der Waals surface area contributed by atoms with Crippen LogP contribution >= 0.6 is 23.2 Å². The summed E-state index contributed by atoms with van der Waals surface area (Å²) in [5, 5.41) is 4.47. The summed E-state index contributed by atoms with van der Waals surface area (Å²) in [6.45, 7) is 6.00. The van der Waals surface area contributed by atoms with E-state index in [0.717, 1.165) is 70.1 Å². The third kappa shape index (κ3) is 6.80. The van der Waals surface area contributed by atoms with E-state index in [1.807, 2.05) is 56.3 Å². The van der Waals surface area contributed by atoms with Crippen molar-refractivity contribution in [2.75, 3.05) is 13.2 Å². The average Bonchev–Trinajstić information content (AvgIpc) is 3.21. The summed E-state index contributed by atoms with van der Waals surface area (Å²) in [5.74, 6) is 1.89. The van der Waals surface area contributed by atoms with Crippen LogP contribution in [-0.2, 0) is 24.2 Å². The highest BCUT2D eigenvalue weighted by atomic mass is 35.5. The van der Waals surface area contributed by atoms with Crippen LogP contribution in [0.1, 0.15) is 35.4 Å². The first-order valence-corrected chi connectivity index (χ1v) is 13.0. The molecule has 1 heterocycles. The van der Waals surface area contributed by atoms with Crippen molar-refractivity contribution in [2.45, 2.75) is 46.1 Å². The van der Waals surface area contributed by atoms with Gasteiger partial charge in [-0.1, -0.05) is 47.5 Å². The van der Waals surface area contributed by atoms with Crippen molar-refractivity contribution in [3.8, 4) is 5.75 Å². The van der Waals surface area contributed by atoms with Gasteiger partial charge in [0.1, 0.15) is 11.6 Å². The Labute approximate surface area is 222 Å². The highest BCUT2D eigenvalue weighted by molar-refractivity contribution is 6.32. The maximum absolute atomic E-state index is 12.3. The van der Waals surface area contributed by atoms with E-state index >= 15 is 0 Å². The molecule has 1 N–H and O–H groups in total. The van der Waals surface area contributed by atoms with Crippen LogP contribution in [0.15, 0.2) is 60.7 Å².